The Hall–Kier alpha value is -1.91. The van der Waals surface area contributed by atoms with Crippen molar-refractivity contribution in [2.45, 2.75) is 38.6 Å². The van der Waals surface area contributed by atoms with E-state index in [1.807, 2.05) is 4.57 Å². The van der Waals surface area contributed by atoms with Crippen molar-refractivity contribution < 1.29 is 0 Å². The van der Waals surface area contributed by atoms with E-state index in [1.165, 1.54) is 0 Å². The van der Waals surface area contributed by atoms with Crippen LogP contribution in [0.25, 0.3) is 11.5 Å². The number of aromatic nitrogens is 4. The van der Waals surface area contributed by atoms with Gasteiger partial charge in [0.2, 0.25) is 0 Å². The minimum atomic E-state index is -0.0848. The van der Waals surface area contributed by atoms with Crippen LogP contribution in [0.4, 0.5) is 0 Å². The zero-order valence-electron chi connectivity index (χ0n) is 10.6. The fraction of sp³-hybridized carbons (Fsp3) is 0.462. The van der Waals surface area contributed by atoms with Crippen molar-refractivity contribution in [1.29, 1.82) is 0 Å². The molecule has 18 heavy (non-hydrogen) atoms. The minimum absolute atomic E-state index is 0.0848. The Bertz CT molecular complexity index is 622. The summed E-state index contributed by atoms with van der Waals surface area (Å²) in [5.41, 5.74) is 1.69. The molecule has 2 heterocycles. The molecule has 3 rings (SSSR count). The summed E-state index contributed by atoms with van der Waals surface area (Å²) in [6.07, 6.45) is 5.79. The Kier molecular flexibility index (Phi) is 2.54. The predicted molar refractivity (Wildman–Crippen MR) is 68.4 cm³/mol. The van der Waals surface area contributed by atoms with Crippen molar-refractivity contribution in [3.63, 3.8) is 0 Å². The van der Waals surface area contributed by atoms with Gasteiger partial charge >= 0.3 is 0 Å². The zero-order chi connectivity index (χ0) is 12.7. The molecule has 1 N–H and O–H groups in total. The van der Waals surface area contributed by atoms with Crippen molar-refractivity contribution in [2.75, 3.05) is 0 Å². The summed E-state index contributed by atoms with van der Waals surface area (Å²) in [6, 6.07) is 1.90. The van der Waals surface area contributed by atoms with Crippen LogP contribution in [0.15, 0.2) is 23.4 Å². The van der Waals surface area contributed by atoms with Crippen LogP contribution in [0.5, 0.6) is 0 Å². The quantitative estimate of drug-likeness (QED) is 0.899. The topological polar surface area (TPSA) is 63.6 Å². The van der Waals surface area contributed by atoms with Gasteiger partial charge in [0.15, 0.2) is 5.82 Å². The van der Waals surface area contributed by atoms with Gasteiger partial charge in [-0.15, -0.1) is 0 Å². The molecule has 0 amide bonds. The molecule has 1 saturated carbocycles. The zero-order valence-corrected chi connectivity index (χ0v) is 10.6. The fourth-order valence-corrected chi connectivity index (χ4v) is 2.09. The van der Waals surface area contributed by atoms with Gasteiger partial charge in [0, 0.05) is 18.0 Å². The summed E-state index contributed by atoms with van der Waals surface area (Å²) in [7, 11) is 0. The Morgan fingerprint density at radius 2 is 2.22 bits per heavy atom. The maximum absolute atomic E-state index is 11.7. The molecule has 0 unspecified atom stereocenters. The number of rotatable bonds is 3. The number of aromatic amines is 1. The summed E-state index contributed by atoms with van der Waals surface area (Å²) >= 11 is 0. The molecule has 0 bridgehead atoms. The molecule has 5 nitrogen and oxygen atoms in total. The van der Waals surface area contributed by atoms with Crippen molar-refractivity contribution in [3.8, 4) is 11.5 Å². The Balaban J connectivity index is 2.10. The van der Waals surface area contributed by atoms with Gasteiger partial charge in [0.25, 0.3) is 5.56 Å². The van der Waals surface area contributed by atoms with Crippen molar-refractivity contribution >= 4 is 0 Å². The van der Waals surface area contributed by atoms with Gasteiger partial charge in [-0.2, -0.15) is 0 Å². The van der Waals surface area contributed by atoms with Crippen LogP contribution >= 0.6 is 0 Å². The van der Waals surface area contributed by atoms with E-state index in [4.69, 9.17) is 0 Å². The molecule has 1 fully saturated rings. The summed E-state index contributed by atoms with van der Waals surface area (Å²) in [4.78, 5) is 23.2. The first kappa shape index (κ1) is 11.2. The van der Waals surface area contributed by atoms with Gasteiger partial charge in [-0.1, -0.05) is 0 Å². The fourth-order valence-electron chi connectivity index (χ4n) is 2.09. The van der Waals surface area contributed by atoms with Crippen LogP contribution in [-0.2, 0) is 0 Å². The van der Waals surface area contributed by atoms with Crippen LogP contribution < -0.4 is 5.56 Å². The molecule has 1 aliphatic rings. The molecule has 5 heteroatoms. The first-order valence-corrected chi connectivity index (χ1v) is 6.28. The lowest BCUT2D eigenvalue weighted by molar-refractivity contribution is 0.603. The predicted octanol–water partition coefficient (Wildman–Crippen LogP) is 2.09. The smallest absolute Gasteiger partial charge is 0.251 e. The second-order valence-corrected chi connectivity index (χ2v) is 5.07. The normalized spacial score (nSPS) is 15.3. The van der Waals surface area contributed by atoms with Crippen molar-refractivity contribution in [3.05, 3.63) is 34.6 Å². The average Bonchev–Trinajstić information content (AvgIpc) is 3.05. The average molecular weight is 244 g/mol. The largest absolute Gasteiger partial charge is 0.326 e. The monoisotopic (exact) mass is 244 g/mol. The minimum Gasteiger partial charge on any atom is -0.326 e. The Labute approximate surface area is 105 Å². The molecule has 0 spiro atoms. The van der Waals surface area contributed by atoms with Crippen LogP contribution in [0, 0.1) is 0 Å². The molecule has 0 aliphatic heterocycles. The molecule has 94 valence electrons. The van der Waals surface area contributed by atoms with Gasteiger partial charge < -0.3 is 9.55 Å². The van der Waals surface area contributed by atoms with E-state index in [0.717, 1.165) is 24.2 Å². The Morgan fingerprint density at radius 1 is 1.44 bits per heavy atom. The summed E-state index contributed by atoms with van der Waals surface area (Å²) in [6.45, 7) is 4.15. The molecule has 0 atom stereocenters. The van der Waals surface area contributed by atoms with Crippen molar-refractivity contribution in [1.82, 2.24) is 19.5 Å². The number of nitrogens with one attached hydrogen (secondary N) is 1. The van der Waals surface area contributed by atoms with E-state index in [2.05, 4.69) is 28.8 Å². The van der Waals surface area contributed by atoms with Crippen LogP contribution in [-0.4, -0.2) is 19.5 Å². The lowest BCUT2D eigenvalue weighted by atomic mass is 10.2. The molecule has 0 radical (unpaired) electrons. The lowest BCUT2D eigenvalue weighted by Crippen LogP contribution is -2.12. The third-order valence-corrected chi connectivity index (χ3v) is 3.22. The van der Waals surface area contributed by atoms with Crippen molar-refractivity contribution in [2.24, 2.45) is 0 Å². The van der Waals surface area contributed by atoms with Gasteiger partial charge in [-0.05, 0) is 26.7 Å². The number of hydrogen-bond acceptors (Lipinski definition) is 3. The molecule has 2 aromatic heterocycles. The van der Waals surface area contributed by atoms with E-state index >= 15 is 0 Å². The lowest BCUT2D eigenvalue weighted by Gasteiger charge is -2.11. The second kappa shape index (κ2) is 4.08. The number of H-pyrrole nitrogens is 1. The molecule has 0 aromatic carbocycles. The number of nitrogens with zero attached hydrogens (tertiary/aromatic N) is 3. The highest BCUT2D eigenvalue weighted by atomic mass is 16.1. The standard InChI is InChI=1S/C13H16N4O/c1-8(2)17-7-14-6-11(17)13-15-10(9-3-4-9)5-12(18)16-13/h5-9H,3-4H2,1-2H3,(H,15,16,18). The second-order valence-electron chi connectivity index (χ2n) is 5.07. The molecule has 2 aromatic rings. The highest BCUT2D eigenvalue weighted by molar-refractivity contribution is 5.49. The van der Waals surface area contributed by atoms with E-state index < -0.39 is 0 Å². The van der Waals surface area contributed by atoms with E-state index in [1.54, 1.807) is 18.6 Å². The maximum atomic E-state index is 11.7. The van der Waals surface area contributed by atoms with E-state index in [0.29, 0.717) is 11.7 Å². The Morgan fingerprint density at radius 3 is 2.89 bits per heavy atom. The van der Waals surface area contributed by atoms with Crippen LogP contribution in [0.2, 0.25) is 0 Å². The number of hydrogen-bond donors (Lipinski definition) is 1. The van der Waals surface area contributed by atoms with Gasteiger partial charge in [0.1, 0.15) is 5.69 Å². The highest BCUT2D eigenvalue weighted by Crippen LogP contribution is 2.38. The molecule has 1 aliphatic carbocycles. The summed E-state index contributed by atoms with van der Waals surface area (Å²) in [5, 5.41) is 0. The highest BCUT2D eigenvalue weighted by Gasteiger charge is 2.26. The maximum Gasteiger partial charge on any atom is 0.251 e. The summed E-state index contributed by atoms with van der Waals surface area (Å²) < 4.78 is 2.01. The van der Waals surface area contributed by atoms with Crippen LogP contribution in [0.1, 0.15) is 44.3 Å². The van der Waals surface area contributed by atoms with E-state index in [9.17, 15) is 4.79 Å². The van der Waals surface area contributed by atoms with Gasteiger partial charge in [-0.3, -0.25) is 4.79 Å². The first-order valence-electron chi connectivity index (χ1n) is 6.28. The third-order valence-electron chi connectivity index (χ3n) is 3.22. The molecular formula is C13H16N4O. The SMILES string of the molecule is CC(C)n1cncc1-c1nc(C2CC2)cc(=O)[nH]1. The molecular weight excluding hydrogens is 228 g/mol. The third kappa shape index (κ3) is 1.96. The molecule has 0 saturated heterocycles. The van der Waals surface area contributed by atoms with E-state index in [-0.39, 0.29) is 11.6 Å². The van der Waals surface area contributed by atoms with Crippen LogP contribution in [0.3, 0.4) is 0 Å². The first-order chi connectivity index (χ1) is 8.65. The van der Waals surface area contributed by atoms with Gasteiger partial charge in [-0.25, -0.2) is 9.97 Å². The summed E-state index contributed by atoms with van der Waals surface area (Å²) in [5.74, 6) is 1.09. The van der Waals surface area contributed by atoms with Gasteiger partial charge in [0.05, 0.1) is 18.2 Å². The number of imidazole rings is 1.